The van der Waals surface area contributed by atoms with Gasteiger partial charge in [-0.15, -0.1) is 0 Å². The van der Waals surface area contributed by atoms with Crippen LogP contribution < -0.4 is 10.6 Å². The van der Waals surface area contributed by atoms with E-state index in [2.05, 4.69) is 43.2 Å². The molecule has 9 heteroatoms. The fourth-order valence-corrected chi connectivity index (χ4v) is 5.71. The highest BCUT2D eigenvalue weighted by molar-refractivity contribution is 8.32. The molecular weight excluding hydrogens is 524 g/mol. The average Bonchev–Trinajstić information content (AvgIpc) is 3.12. The van der Waals surface area contributed by atoms with E-state index in [0.717, 1.165) is 60.6 Å². The molecule has 1 aromatic carbocycles. The Hall–Kier alpha value is -2.52. The van der Waals surface area contributed by atoms with Crippen LogP contribution in [-0.4, -0.2) is 64.6 Å². The predicted molar refractivity (Wildman–Crippen MR) is 166 cm³/mol. The van der Waals surface area contributed by atoms with E-state index in [0.29, 0.717) is 18.3 Å². The average molecular weight is 575 g/mol. The zero-order valence-electron chi connectivity index (χ0n) is 25.9. The number of hydrogen-bond donors (Lipinski definition) is 2. The maximum Gasteiger partial charge on any atom is 0.408 e. The Bertz CT molecular complexity index is 1140. The first kappa shape index (κ1) is 32.0. The Kier molecular flexibility index (Phi) is 10.7. The summed E-state index contributed by atoms with van der Waals surface area (Å²) in [7, 11) is -0.587. The smallest absolute Gasteiger partial charge is 0.408 e. The molecule has 2 aromatic rings. The summed E-state index contributed by atoms with van der Waals surface area (Å²) in [5, 5.41) is 10.6. The van der Waals surface area contributed by atoms with Crippen molar-refractivity contribution < 1.29 is 19.1 Å². The van der Waals surface area contributed by atoms with E-state index < -0.39 is 27.8 Å². The van der Waals surface area contributed by atoms with Gasteiger partial charge in [0.1, 0.15) is 18.4 Å². The van der Waals surface area contributed by atoms with Gasteiger partial charge < -0.3 is 20.1 Å². The van der Waals surface area contributed by atoms with Gasteiger partial charge in [0, 0.05) is 22.7 Å². The predicted octanol–water partition coefficient (Wildman–Crippen LogP) is 6.49. The Labute approximate surface area is 242 Å². The Balaban J connectivity index is 1.69. The summed E-state index contributed by atoms with van der Waals surface area (Å²) in [6.07, 6.45) is 10.2. The lowest BCUT2D eigenvalue weighted by Crippen LogP contribution is -2.50. The number of rotatable bonds is 10. The molecule has 1 aliphatic carbocycles. The van der Waals surface area contributed by atoms with Crippen molar-refractivity contribution >= 4 is 27.7 Å². The molecule has 2 N–H and O–H groups in total. The molecule has 1 aliphatic rings. The van der Waals surface area contributed by atoms with Gasteiger partial charge in [-0.1, -0.05) is 31.9 Å². The molecule has 2 amide bonds. The standard InChI is InChI=1S/C31H50N4O4S/c1-21-10-12-25(13-11-21)28(33-30(37)39-31(4,5)6)29(36)32-26-16-14-24(15-17-26)27-22(2)34-35(23(27)3)20-38-18-19-40(7,8)9/h14-17,21,25,28H,10-13,18-20H2,1-9H3,(H,32,36)(H,33,37)/t21-,25-,28-/m0/s1. The zero-order chi connectivity index (χ0) is 29.7. The number of aryl methyl sites for hydroxylation is 1. The minimum Gasteiger partial charge on any atom is -0.444 e. The topological polar surface area (TPSA) is 94.5 Å². The number of benzene rings is 1. The second-order valence-corrected chi connectivity index (χ2v) is 17.7. The van der Waals surface area contributed by atoms with Crippen molar-refractivity contribution in [3.63, 3.8) is 0 Å². The fraction of sp³-hybridized carbons (Fsp3) is 0.645. The summed E-state index contributed by atoms with van der Waals surface area (Å²) in [5.41, 5.74) is 4.14. The largest absolute Gasteiger partial charge is 0.444 e. The minimum atomic E-state index is -0.648. The van der Waals surface area contributed by atoms with Crippen LogP contribution >= 0.6 is 10.0 Å². The van der Waals surface area contributed by atoms with Gasteiger partial charge >= 0.3 is 6.09 Å². The second kappa shape index (κ2) is 13.4. The first-order valence-electron chi connectivity index (χ1n) is 14.3. The van der Waals surface area contributed by atoms with E-state index >= 15 is 0 Å². The number of ether oxygens (including phenoxy) is 2. The van der Waals surface area contributed by atoms with Gasteiger partial charge in [0.15, 0.2) is 0 Å². The van der Waals surface area contributed by atoms with E-state index in [4.69, 9.17) is 14.6 Å². The molecule has 0 saturated heterocycles. The van der Waals surface area contributed by atoms with Crippen molar-refractivity contribution in [2.75, 3.05) is 36.4 Å². The van der Waals surface area contributed by atoms with Crippen molar-refractivity contribution in [3.8, 4) is 11.1 Å². The van der Waals surface area contributed by atoms with E-state index in [9.17, 15) is 9.59 Å². The lowest BCUT2D eigenvalue weighted by atomic mass is 9.79. The van der Waals surface area contributed by atoms with Crippen molar-refractivity contribution in [1.29, 1.82) is 0 Å². The summed E-state index contributed by atoms with van der Waals surface area (Å²) in [5.74, 6) is 1.57. The van der Waals surface area contributed by atoms with E-state index in [-0.39, 0.29) is 11.8 Å². The van der Waals surface area contributed by atoms with Crippen LogP contribution in [0.2, 0.25) is 0 Å². The van der Waals surface area contributed by atoms with Gasteiger partial charge in [-0.25, -0.2) is 19.5 Å². The quantitative estimate of drug-likeness (QED) is 0.316. The number of anilines is 1. The first-order valence-corrected chi connectivity index (χ1v) is 17.3. The summed E-state index contributed by atoms with van der Waals surface area (Å²) < 4.78 is 13.3. The van der Waals surface area contributed by atoms with E-state index in [1.807, 2.05) is 56.6 Å². The van der Waals surface area contributed by atoms with Gasteiger partial charge in [-0.05, 0) is 95.8 Å². The highest BCUT2D eigenvalue weighted by Crippen LogP contribution is 2.34. The molecule has 1 heterocycles. The molecule has 1 fully saturated rings. The first-order chi connectivity index (χ1) is 18.6. The third-order valence-electron chi connectivity index (χ3n) is 7.36. The number of amides is 2. The van der Waals surface area contributed by atoms with Crippen molar-refractivity contribution in [2.24, 2.45) is 11.8 Å². The number of aromatic nitrogens is 2. The van der Waals surface area contributed by atoms with Crippen LogP contribution in [-0.2, 0) is 21.0 Å². The van der Waals surface area contributed by atoms with Crippen LogP contribution in [0.4, 0.5) is 10.5 Å². The number of carbonyl (C=O) groups is 2. The molecule has 224 valence electrons. The molecule has 1 aromatic heterocycles. The minimum absolute atomic E-state index is 0.0751. The lowest BCUT2D eigenvalue weighted by molar-refractivity contribution is -0.119. The van der Waals surface area contributed by atoms with Gasteiger partial charge in [0.25, 0.3) is 0 Å². The Morgan fingerprint density at radius 1 is 1.07 bits per heavy atom. The monoisotopic (exact) mass is 574 g/mol. The molecule has 0 aliphatic heterocycles. The normalized spacial score (nSPS) is 19.1. The molecule has 0 radical (unpaired) electrons. The van der Waals surface area contributed by atoms with Crippen molar-refractivity contribution in [1.82, 2.24) is 15.1 Å². The van der Waals surface area contributed by atoms with Crippen LogP contribution in [0.25, 0.3) is 11.1 Å². The van der Waals surface area contributed by atoms with Crippen LogP contribution in [0.1, 0.15) is 64.8 Å². The number of carbonyl (C=O) groups excluding carboxylic acids is 2. The molecule has 1 saturated carbocycles. The SMILES string of the molecule is Cc1nn(COCCS(C)(C)C)c(C)c1-c1ccc(NC(=O)[C@@H](NC(=O)OC(C)(C)C)[C@H]2CC[C@H](C)CC2)cc1. The summed E-state index contributed by atoms with van der Waals surface area (Å²) in [6.45, 7) is 12.9. The maximum absolute atomic E-state index is 13.4. The van der Waals surface area contributed by atoms with Crippen LogP contribution in [0, 0.1) is 25.7 Å². The summed E-state index contributed by atoms with van der Waals surface area (Å²) in [4.78, 5) is 26.0. The lowest BCUT2D eigenvalue weighted by Gasteiger charge is -2.33. The highest BCUT2D eigenvalue weighted by atomic mass is 32.3. The van der Waals surface area contributed by atoms with Gasteiger partial charge in [-0.2, -0.15) is 5.10 Å². The molecule has 0 bridgehead atoms. The number of nitrogens with one attached hydrogen (secondary N) is 2. The van der Waals surface area contributed by atoms with Crippen LogP contribution in [0.3, 0.4) is 0 Å². The van der Waals surface area contributed by atoms with Crippen molar-refractivity contribution in [3.05, 3.63) is 35.7 Å². The molecule has 1 atom stereocenters. The highest BCUT2D eigenvalue weighted by Gasteiger charge is 2.33. The number of hydrogen-bond acceptors (Lipinski definition) is 5. The molecule has 3 rings (SSSR count). The number of nitrogens with zero attached hydrogens (tertiary/aromatic N) is 2. The number of alkyl carbamates (subject to hydrolysis) is 1. The zero-order valence-corrected chi connectivity index (χ0v) is 26.7. The maximum atomic E-state index is 13.4. The van der Waals surface area contributed by atoms with Crippen LogP contribution in [0.5, 0.6) is 0 Å². The fourth-order valence-electron chi connectivity index (χ4n) is 5.09. The van der Waals surface area contributed by atoms with Gasteiger partial charge in [-0.3, -0.25) is 4.79 Å². The third kappa shape index (κ3) is 9.54. The summed E-state index contributed by atoms with van der Waals surface area (Å²) in [6, 6.07) is 7.15. The van der Waals surface area contributed by atoms with Gasteiger partial charge in [0.2, 0.25) is 5.91 Å². The van der Waals surface area contributed by atoms with Gasteiger partial charge in [0.05, 0.1) is 12.3 Å². The molecule has 0 spiro atoms. The van der Waals surface area contributed by atoms with Crippen LogP contribution in [0.15, 0.2) is 24.3 Å². The Morgan fingerprint density at radius 2 is 1.70 bits per heavy atom. The van der Waals surface area contributed by atoms with E-state index in [1.165, 1.54) is 0 Å². The Morgan fingerprint density at radius 3 is 2.27 bits per heavy atom. The molecule has 0 unspecified atom stereocenters. The molecule has 40 heavy (non-hydrogen) atoms. The third-order valence-corrected chi connectivity index (χ3v) is 8.75. The second-order valence-electron chi connectivity index (χ2n) is 13.1. The molecular formula is C31H50N4O4S. The molecule has 8 nitrogen and oxygen atoms in total. The van der Waals surface area contributed by atoms with Crippen molar-refractivity contribution in [2.45, 2.75) is 85.6 Å². The van der Waals surface area contributed by atoms with E-state index in [1.54, 1.807) is 0 Å². The summed E-state index contributed by atoms with van der Waals surface area (Å²) >= 11 is 0.